The van der Waals surface area contributed by atoms with E-state index >= 15 is 0 Å². The van der Waals surface area contributed by atoms with Gasteiger partial charge in [0, 0.05) is 28.2 Å². The van der Waals surface area contributed by atoms with Gasteiger partial charge in [-0.1, -0.05) is 103 Å². The molecule has 49 heavy (non-hydrogen) atoms. The van der Waals surface area contributed by atoms with Crippen LogP contribution in [0, 0.1) is 11.3 Å². The molecule has 0 radical (unpaired) electrons. The standard InChI is InChI=1S/C46H27N3/c47-28-29-9-23-43-40(26-29)41-27-34(18-24-44(41)49(43)35-6-2-1-3-7-35)30-10-12-31(13-11-30)36-19-14-32-17-22-39-37(42-8-4-5-25-48-42)20-15-33-16-21-38(36)45(32)46(33)39/h1-27H. The summed E-state index contributed by atoms with van der Waals surface area (Å²) in [5.41, 5.74) is 10.8. The molecule has 0 saturated heterocycles. The molecule has 0 saturated carbocycles. The van der Waals surface area contributed by atoms with Crippen LogP contribution in [0.4, 0.5) is 0 Å². The van der Waals surface area contributed by atoms with Gasteiger partial charge in [0.25, 0.3) is 0 Å². The average Bonchev–Trinajstić information content (AvgIpc) is 3.50. The van der Waals surface area contributed by atoms with Crippen LogP contribution in [-0.2, 0) is 0 Å². The molecule has 226 valence electrons. The van der Waals surface area contributed by atoms with Crippen LogP contribution < -0.4 is 0 Å². The predicted molar refractivity (Wildman–Crippen MR) is 203 cm³/mol. The minimum atomic E-state index is 0.663. The van der Waals surface area contributed by atoms with E-state index in [2.05, 4.69) is 143 Å². The van der Waals surface area contributed by atoms with Gasteiger partial charge in [-0.15, -0.1) is 0 Å². The Balaban J connectivity index is 1.10. The minimum Gasteiger partial charge on any atom is -0.309 e. The SMILES string of the molecule is N#Cc1ccc2c(c1)c1cc(-c3ccc(-c4ccc5ccc6c(-c7ccccn7)ccc7ccc4c5c76)cc3)ccc1n2-c1ccccc1. The topological polar surface area (TPSA) is 41.6 Å². The summed E-state index contributed by atoms with van der Waals surface area (Å²) < 4.78 is 2.28. The highest BCUT2D eigenvalue weighted by molar-refractivity contribution is 6.27. The third-order valence-electron chi connectivity index (χ3n) is 10.0. The number of hydrogen-bond acceptors (Lipinski definition) is 2. The number of aromatic nitrogens is 2. The number of pyridine rings is 1. The van der Waals surface area contributed by atoms with Gasteiger partial charge in [0.2, 0.25) is 0 Å². The van der Waals surface area contributed by atoms with E-state index in [4.69, 9.17) is 0 Å². The van der Waals surface area contributed by atoms with Crippen molar-refractivity contribution in [3.8, 4) is 45.3 Å². The summed E-state index contributed by atoms with van der Waals surface area (Å²) in [7, 11) is 0. The molecule has 3 nitrogen and oxygen atoms in total. The molecule has 3 heteroatoms. The van der Waals surface area contributed by atoms with Crippen molar-refractivity contribution >= 4 is 54.1 Å². The van der Waals surface area contributed by atoms with E-state index in [9.17, 15) is 5.26 Å². The van der Waals surface area contributed by atoms with Crippen LogP contribution in [0.5, 0.6) is 0 Å². The van der Waals surface area contributed by atoms with Crippen LogP contribution in [0.25, 0.3) is 93.3 Å². The van der Waals surface area contributed by atoms with E-state index < -0.39 is 0 Å². The summed E-state index contributed by atoms with van der Waals surface area (Å²) in [5, 5.41) is 19.5. The zero-order chi connectivity index (χ0) is 32.5. The van der Waals surface area contributed by atoms with Crippen molar-refractivity contribution < 1.29 is 0 Å². The molecular weight excluding hydrogens is 595 g/mol. The summed E-state index contributed by atoms with van der Waals surface area (Å²) in [5.74, 6) is 0. The fourth-order valence-corrected chi connectivity index (χ4v) is 7.77. The summed E-state index contributed by atoms with van der Waals surface area (Å²) in [6.45, 7) is 0. The smallest absolute Gasteiger partial charge is 0.0991 e. The molecule has 8 aromatic carbocycles. The Hall–Kier alpha value is -6.76. The summed E-state index contributed by atoms with van der Waals surface area (Å²) >= 11 is 0. The molecule has 0 spiro atoms. The largest absolute Gasteiger partial charge is 0.309 e. The van der Waals surface area contributed by atoms with E-state index in [1.807, 2.05) is 36.5 Å². The van der Waals surface area contributed by atoms with Crippen molar-refractivity contribution in [2.24, 2.45) is 0 Å². The van der Waals surface area contributed by atoms with E-state index in [0.717, 1.165) is 49.9 Å². The Labute approximate surface area is 282 Å². The Morgan fingerprint density at radius 2 is 1.08 bits per heavy atom. The molecule has 10 rings (SSSR count). The lowest BCUT2D eigenvalue weighted by atomic mass is 9.87. The molecule has 2 aromatic heterocycles. The number of fused-ring (bicyclic) bond motifs is 3. The van der Waals surface area contributed by atoms with Crippen molar-refractivity contribution in [3.05, 3.63) is 169 Å². The normalized spacial score (nSPS) is 11.7. The zero-order valence-corrected chi connectivity index (χ0v) is 26.4. The lowest BCUT2D eigenvalue weighted by Crippen LogP contribution is -1.93. The minimum absolute atomic E-state index is 0.663. The van der Waals surface area contributed by atoms with Crippen LogP contribution in [0.3, 0.4) is 0 Å². The van der Waals surface area contributed by atoms with E-state index in [0.29, 0.717) is 5.56 Å². The van der Waals surface area contributed by atoms with Crippen LogP contribution in [0.2, 0.25) is 0 Å². The molecule has 0 amide bonds. The first-order valence-corrected chi connectivity index (χ1v) is 16.5. The van der Waals surface area contributed by atoms with Crippen LogP contribution in [0.1, 0.15) is 5.56 Å². The van der Waals surface area contributed by atoms with E-state index in [1.165, 1.54) is 43.4 Å². The molecular formula is C46H27N3. The molecule has 0 N–H and O–H groups in total. The van der Waals surface area contributed by atoms with Gasteiger partial charge in [-0.25, -0.2) is 0 Å². The van der Waals surface area contributed by atoms with Gasteiger partial charge in [-0.2, -0.15) is 5.26 Å². The third kappa shape index (κ3) is 4.18. The molecule has 0 unspecified atom stereocenters. The quantitative estimate of drug-likeness (QED) is 0.184. The van der Waals surface area contributed by atoms with Crippen molar-refractivity contribution in [1.29, 1.82) is 5.26 Å². The van der Waals surface area contributed by atoms with Crippen molar-refractivity contribution in [2.45, 2.75) is 0 Å². The highest BCUT2D eigenvalue weighted by Gasteiger charge is 2.17. The second-order valence-electron chi connectivity index (χ2n) is 12.7. The fraction of sp³-hybridized carbons (Fsp3) is 0. The number of hydrogen-bond donors (Lipinski definition) is 0. The third-order valence-corrected chi connectivity index (χ3v) is 10.0. The van der Waals surface area contributed by atoms with Gasteiger partial charge < -0.3 is 4.57 Å². The maximum Gasteiger partial charge on any atom is 0.0991 e. The first kappa shape index (κ1) is 27.4. The fourth-order valence-electron chi connectivity index (χ4n) is 7.77. The maximum absolute atomic E-state index is 9.69. The Kier molecular flexibility index (Phi) is 5.94. The highest BCUT2D eigenvalue weighted by Crippen LogP contribution is 2.42. The molecule has 0 atom stereocenters. The first-order chi connectivity index (χ1) is 24.2. The second kappa shape index (κ2) is 10.6. The van der Waals surface area contributed by atoms with Crippen molar-refractivity contribution in [3.63, 3.8) is 0 Å². The average molecular weight is 622 g/mol. The van der Waals surface area contributed by atoms with Crippen LogP contribution in [0.15, 0.2) is 164 Å². The molecule has 0 aliphatic heterocycles. The second-order valence-corrected chi connectivity index (χ2v) is 12.7. The maximum atomic E-state index is 9.69. The van der Waals surface area contributed by atoms with Crippen molar-refractivity contribution in [2.75, 3.05) is 0 Å². The molecule has 0 fully saturated rings. The number of rotatable bonds is 4. The van der Waals surface area contributed by atoms with Crippen LogP contribution >= 0.6 is 0 Å². The number of nitriles is 1. The Morgan fingerprint density at radius 1 is 0.469 bits per heavy atom. The first-order valence-electron chi connectivity index (χ1n) is 16.5. The van der Waals surface area contributed by atoms with Gasteiger partial charge >= 0.3 is 0 Å². The summed E-state index contributed by atoms with van der Waals surface area (Å²) in [4.78, 5) is 4.67. The lowest BCUT2D eigenvalue weighted by molar-refractivity contribution is 1.18. The zero-order valence-electron chi connectivity index (χ0n) is 26.4. The molecule has 10 aromatic rings. The monoisotopic (exact) mass is 621 g/mol. The number of para-hydroxylation sites is 1. The van der Waals surface area contributed by atoms with Crippen molar-refractivity contribution in [1.82, 2.24) is 9.55 Å². The molecule has 0 aliphatic rings. The van der Waals surface area contributed by atoms with Gasteiger partial charge in [0.1, 0.15) is 0 Å². The van der Waals surface area contributed by atoms with Gasteiger partial charge in [0.15, 0.2) is 0 Å². The van der Waals surface area contributed by atoms with Gasteiger partial charge in [-0.3, -0.25) is 4.98 Å². The number of benzene rings is 8. The number of nitrogens with zero attached hydrogens (tertiary/aromatic N) is 3. The van der Waals surface area contributed by atoms with E-state index in [-0.39, 0.29) is 0 Å². The van der Waals surface area contributed by atoms with Gasteiger partial charge in [0.05, 0.1) is 28.4 Å². The molecule has 0 aliphatic carbocycles. The summed E-state index contributed by atoms with van der Waals surface area (Å²) in [6, 6.07) is 58.4. The summed E-state index contributed by atoms with van der Waals surface area (Å²) in [6.07, 6.45) is 1.86. The van der Waals surface area contributed by atoms with E-state index in [1.54, 1.807) is 0 Å². The Bertz CT molecular complexity index is 2910. The highest BCUT2D eigenvalue weighted by atomic mass is 15.0. The van der Waals surface area contributed by atoms with Gasteiger partial charge in [-0.05, 0) is 109 Å². The molecule has 2 heterocycles. The predicted octanol–water partition coefficient (Wildman–Crippen LogP) is 11.9. The molecule has 0 bridgehead atoms. The Morgan fingerprint density at radius 3 is 1.80 bits per heavy atom. The van der Waals surface area contributed by atoms with Crippen LogP contribution in [-0.4, -0.2) is 9.55 Å². The lowest BCUT2D eigenvalue weighted by Gasteiger charge is -2.16.